The zero-order chi connectivity index (χ0) is 35.7. The summed E-state index contributed by atoms with van der Waals surface area (Å²) in [6, 6.07) is 24.2. The highest BCUT2D eigenvalue weighted by Gasteiger charge is 2.23. The number of benzene rings is 3. The van der Waals surface area contributed by atoms with E-state index in [4.69, 9.17) is 14.6 Å². The summed E-state index contributed by atoms with van der Waals surface area (Å²) in [6.45, 7) is 3.71. The maximum atomic E-state index is 12.1. The molecule has 0 radical (unpaired) electrons. The van der Waals surface area contributed by atoms with Crippen molar-refractivity contribution in [3.8, 4) is 39.7 Å². The fourth-order valence-electron chi connectivity index (χ4n) is 5.99. The quantitative estimate of drug-likeness (QED) is 0.124. The van der Waals surface area contributed by atoms with Crippen molar-refractivity contribution < 1.29 is 29.3 Å². The normalized spacial score (nSPS) is 11.0. The molecule has 12 heteroatoms. The van der Waals surface area contributed by atoms with E-state index in [0.717, 1.165) is 33.2 Å². The smallest absolute Gasteiger partial charge is 0.345 e. The predicted molar refractivity (Wildman–Crippen MR) is 189 cm³/mol. The number of H-pyrrole nitrogens is 2. The van der Waals surface area contributed by atoms with E-state index in [1.165, 1.54) is 6.07 Å². The minimum atomic E-state index is -1.44. The Labute approximate surface area is 283 Å². The Balaban J connectivity index is 0.000000175. The van der Waals surface area contributed by atoms with Crippen LogP contribution in [-0.2, 0) is 19.9 Å². The number of aromatic amines is 2. The Morgan fingerprint density at radius 1 is 0.820 bits per heavy atom. The lowest BCUT2D eigenvalue weighted by Crippen LogP contribution is -2.19. The predicted octanol–water partition coefficient (Wildman–Crippen LogP) is 6.61. The minimum absolute atomic E-state index is 0.261. The maximum Gasteiger partial charge on any atom is 0.345 e. The van der Waals surface area contributed by atoms with Gasteiger partial charge in [0.1, 0.15) is 16.8 Å². The van der Waals surface area contributed by atoms with Gasteiger partial charge in [0.05, 0.1) is 11.4 Å². The number of aromatic nitrogens is 4. The number of aromatic carboxylic acids is 2. The number of hydrogen-bond donors (Lipinski definition) is 5. The van der Waals surface area contributed by atoms with E-state index in [-0.39, 0.29) is 5.56 Å². The lowest BCUT2D eigenvalue weighted by Gasteiger charge is -2.11. The number of nitrogens with zero attached hydrogens (tertiary/aromatic N) is 2. The van der Waals surface area contributed by atoms with Crippen LogP contribution in [0.1, 0.15) is 45.7 Å². The number of para-hydroxylation sites is 1. The first kappa shape index (κ1) is 33.2. The van der Waals surface area contributed by atoms with Crippen molar-refractivity contribution in [2.45, 2.75) is 26.7 Å². The number of carboxylic acids is 2. The van der Waals surface area contributed by atoms with Gasteiger partial charge in [-0.2, -0.15) is 0 Å². The number of aryl methyl sites for hydroxylation is 2. The van der Waals surface area contributed by atoms with Gasteiger partial charge >= 0.3 is 11.9 Å². The summed E-state index contributed by atoms with van der Waals surface area (Å²) >= 11 is 0. The fourth-order valence-corrected chi connectivity index (χ4v) is 5.99. The van der Waals surface area contributed by atoms with E-state index < -0.39 is 34.4 Å². The molecular formula is C38H32N4O8. The third kappa shape index (κ3) is 6.05. The molecule has 0 saturated carbocycles. The summed E-state index contributed by atoms with van der Waals surface area (Å²) in [4.78, 5) is 56.4. The van der Waals surface area contributed by atoms with Crippen LogP contribution < -0.4 is 11.1 Å². The molecule has 4 aromatic heterocycles. The maximum absolute atomic E-state index is 12.1. The molecule has 0 spiro atoms. The van der Waals surface area contributed by atoms with Crippen molar-refractivity contribution in [1.82, 2.24) is 19.5 Å². The highest BCUT2D eigenvalue weighted by Crippen LogP contribution is 2.35. The molecule has 0 aliphatic rings. The summed E-state index contributed by atoms with van der Waals surface area (Å²) in [5.41, 5.74) is 4.54. The molecule has 0 aliphatic heterocycles. The number of carbonyl (C=O) groups is 2. The van der Waals surface area contributed by atoms with Crippen LogP contribution in [0.25, 0.3) is 56.0 Å². The number of oxazole rings is 1. The number of pyridine rings is 2. The molecule has 7 aromatic rings. The van der Waals surface area contributed by atoms with E-state index in [0.29, 0.717) is 46.8 Å². The average molecular weight is 673 g/mol. The van der Waals surface area contributed by atoms with E-state index in [9.17, 15) is 24.3 Å². The van der Waals surface area contributed by atoms with Gasteiger partial charge < -0.3 is 34.3 Å². The molecule has 50 heavy (non-hydrogen) atoms. The SMILES string of the molecule is CCc1c(-c2cn(C)c3ccccc23)[nH]c(=O)c(C(=O)O)c1O.CCc1cc(C(=O)O)c(=O)[nH]c1-c1ccc2nc(-c3ccccc3)oc2c1. The Morgan fingerprint density at radius 2 is 1.52 bits per heavy atom. The van der Waals surface area contributed by atoms with Gasteiger partial charge in [-0.25, -0.2) is 14.6 Å². The van der Waals surface area contributed by atoms with Crippen molar-refractivity contribution in [3.05, 3.63) is 128 Å². The number of hydrogen-bond acceptors (Lipinski definition) is 7. The third-order valence-corrected chi connectivity index (χ3v) is 8.46. The van der Waals surface area contributed by atoms with E-state index in [2.05, 4.69) is 15.0 Å². The molecule has 0 bridgehead atoms. The molecule has 0 unspecified atom stereocenters. The molecule has 3 aromatic carbocycles. The van der Waals surface area contributed by atoms with Gasteiger partial charge in [0.2, 0.25) is 5.89 Å². The third-order valence-electron chi connectivity index (χ3n) is 8.46. The highest BCUT2D eigenvalue weighted by atomic mass is 16.4. The van der Waals surface area contributed by atoms with Gasteiger partial charge in [-0.15, -0.1) is 0 Å². The second-order valence-corrected chi connectivity index (χ2v) is 11.5. The second-order valence-electron chi connectivity index (χ2n) is 11.5. The zero-order valence-electron chi connectivity index (χ0n) is 27.3. The zero-order valence-corrected chi connectivity index (χ0v) is 27.3. The molecule has 4 heterocycles. The van der Waals surface area contributed by atoms with E-state index >= 15 is 0 Å². The molecule has 0 aliphatic carbocycles. The number of fused-ring (bicyclic) bond motifs is 2. The average Bonchev–Trinajstić information content (AvgIpc) is 3.69. The van der Waals surface area contributed by atoms with Crippen LogP contribution in [0.2, 0.25) is 0 Å². The number of carboxylic acid groups (broad SMARTS) is 2. The standard InChI is InChI=1S/C21H16N2O4.C17H16N2O4/c1-2-12-10-15(21(25)26)19(24)23-18(12)14-8-9-16-17(11-14)27-20(22-16)13-6-4-3-5-7-13;1-3-9-14(18-16(21)13(15(9)20)17(22)23)11-8-19(2)12-7-5-4-6-10(11)12/h3-11H,2H2,1H3,(H,23,24)(H,25,26);4-8H,3H2,1-2H3,(H,22,23)(H2,18,20,21). The topological polar surface area (TPSA) is 192 Å². The molecule has 12 nitrogen and oxygen atoms in total. The Bertz CT molecular complexity index is 2540. The summed E-state index contributed by atoms with van der Waals surface area (Å²) in [5.74, 6) is -2.63. The molecular weight excluding hydrogens is 640 g/mol. The number of aromatic hydroxyl groups is 1. The van der Waals surface area contributed by atoms with E-state index in [1.54, 1.807) is 13.0 Å². The van der Waals surface area contributed by atoms with Crippen LogP contribution in [0, 0.1) is 0 Å². The summed E-state index contributed by atoms with van der Waals surface area (Å²) in [7, 11) is 1.89. The molecule has 7 rings (SSSR count). The Morgan fingerprint density at radius 3 is 2.20 bits per heavy atom. The number of rotatable bonds is 7. The summed E-state index contributed by atoms with van der Waals surface area (Å²) in [6.07, 6.45) is 2.83. The van der Waals surface area contributed by atoms with Crippen LogP contribution in [0.15, 0.2) is 99.1 Å². The summed E-state index contributed by atoms with van der Waals surface area (Å²) in [5, 5.41) is 29.4. The van der Waals surface area contributed by atoms with Crippen molar-refractivity contribution >= 4 is 33.9 Å². The van der Waals surface area contributed by atoms with Crippen molar-refractivity contribution in [2.75, 3.05) is 0 Å². The van der Waals surface area contributed by atoms with Crippen LogP contribution in [0.5, 0.6) is 5.75 Å². The van der Waals surface area contributed by atoms with Crippen LogP contribution in [0.3, 0.4) is 0 Å². The largest absolute Gasteiger partial charge is 0.506 e. The first-order chi connectivity index (χ1) is 24.0. The monoisotopic (exact) mass is 672 g/mol. The van der Waals surface area contributed by atoms with Gasteiger partial charge in [0.25, 0.3) is 11.1 Å². The Hall–Kier alpha value is -6.69. The molecule has 0 amide bonds. The molecule has 0 saturated heterocycles. The summed E-state index contributed by atoms with van der Waals surface area (Å²) < 4.78 is 7.81. The van der Waals surface area contributed by atoms with Crippen LogP contribution >= 0.6 is 0 Å². The van der Waals surface area contributed by atoms with Gasteiger partial charge in [0.15, 0.2) is 11.1 Å². The van der Waals surface area contributed by atoms with Crippen molar-refractivity contribution in [1.29, 1.82) is 0 Å². The van der Waals surface area contributed by atoms with Crippen LogP contribution in [-0.4, -0.2) is 46.8 Å². The minimum Gasteiger partial charge on any atom is -0.506 e. The van der Waals surface area contributed by atoms with Gasteiger partial charge in [-0.05, 0) is 54.8 Å². The van der Waals surface area contributed by atoms with Crippen molar-refractivity contribution in [2.24, 2.45) is 7.05 Å². The molecule has 0 fully saturated rings. The molecule has 0 atom stereocenters. The first-order valence-electron chi connectivity index (χ1n) is 15.7. The number of nitrogens with one attached hydrogen (secondary N) is 2. The Kier molecular flexibility index (Phi) is 8.93. The van der Waals surface area contributed by atoms with Gasteiger partial charge in [-0.3, -0.25) is 9.59 Å². The highest BCUT2D eigenvalue weighted by molar-refractivity contribution is 5.98. The van der Waals surface area contributed by atoms with Crippen LogP contribution in [0.4, 0.5) is 0 Å². The second kappa shape index (κ2) is 13.4. The van der Waals surface area contributed by atoms with Crippen molar-refractivity contribution in [3.63, 3.8) is 0 Å². The van der Waals surface area contributed by atoms with Gasteiger partial charge in [-0.1, -0.05) is 56.3 Å². The lowest BCUT2D eigenvalue weighted by atomic mass is 10.00. The first-order valence-corrected chi connectivity index (χ1v) is 15.7. The molecule has 252 valence electrons. The van der Waals surface area contributed by atoms with E-state index in [1.807, 2.05) is 91.5 Å². The fraction of sp³-hybridized carbons (Fsp3) is 0.132. The lowest BCUT2D eigenvalue weighted by molar-refractivity contribution is 0.0682. The molecule has 5 N–H and O–H groups in total. The van der Waals surface area contributed by atoms with Gasteiger partial charge in [0, 0.05) is 46.4 Å².